The number of fused-ring (bicyclic) bond motifs is 1. The summed E-state index contributed by atoms with van der Waals surface area (Å²) in [7, 11) is 5.20. The third-order valence-electron chi connectivity index (χ3n) is 4.29. The molecule has 0 spiro atoms. The van der Waals surface area contributed by atoms with Crippen LogP contribution in [0.2, 0.25) is 0 Å². The van der Waals surface area contributed by atoms with Gasteiger partial charge in [0.15, 0.2) is 0 Å². The van der Waals surface area contributed by atoms with Crippen molar-refractivity contribution >= 4 is 34.2 Å². The molecule has 0 bridgehead atoms. The highest BCUT2D eigenvalue weighted by atomic mass is 16.5. The summed E-state index contributed by atoms with van der Waals surface area (Å²) in [5, 5.41) is 19.3. The van der Waals surface area contributed by atoms with Crippen LogP contribution in [0.4, 0.5) is 11.5 Å². The van der Waals surface area contributed by atoms with Gasteiger partial charge >= 0.3 is 0 Å². The number of benzene rings is 1. The number of hydrogen-bond acceptors (Lipinski definition) is 7. The quantitative estimate of drug-likeness (QED) is 0.502. The van der Waals surface area contributed by atoms with Crippen LogP contribution in [0, 0.1) is 0 Å². The Hall–Kier alpha value is -3.66. The third-order valence-corrected chi connectivity index (χ3v) is 4.29. The fraction of sp³-hybridized carbons (Fsp3) is 0.300. The lowest BCUT2D eigenvalue weighted by atomic mass is 10.2. The van der Waals surface area contributed by atoms with Crippen molar-refractivity contribution in [2.45, 2.75) is 6.54 Å². The summed E-state index contributed by atoms with van der Waals surface area (Å²) < 4.78 is 6.89. The highest BCUT2D eigenvalue weighted by molar-refractivity contribution is 6.05. The smallest absolute Gasteiger partial charge is 0.274 e. The topological polar surface area (TPSA) is 122 Å². The number of aliphatic hydroxyl groups is 1. The Kier molecular flexibility index (Phi) is 6.48. The molecule has 0 atom stereocenters. The van der Waals surface area contributed by atoms with E-state index in [0.29, 0.717) is 22.8 Å². The number of anilines is 2. The molecule has 0 saturated carbocycles. The minimum Gasteiger partial charge on any atom is -0.494 e. The maximum Gasteiger partial charge on any atom is 0.274 e. The zero-order chi connectivity index (χ0) is 21.7. The zero-order valence-corrected chi connectivity index (χ0v) is 17.0. The molecule has 3 N–H and O–H groups in total. The second kappa shape index (κ2) is 9.23. The summed E-state index contributed by atoms with van der Waals surface area (Å²) in [6.07, 6.45) is 1.70. The normalized spacial score (nSPS) is 10.7. The highest BCUT2D eigenvalue weighted by Crippen LogP contribution is 2.30. The molecule has 3 aromatic rings. The molecule has 30 heavy (non-hydrogen) atoms. The summed E-state index contributed by atoms with van der Waals surface area (Å²) in [4.78, 5) is 30.7. The van der Waals surface area contributed by atoms with Gasteiger partial charge in [-0.15, -0.1) is 0 Å². The first-order chi connectivity index (χ1) is 14.4. The van der Waals surface area contributed by atoms with Crippen LogP contribution in [0.1, 0.15) is 10.5 Å². The molecule has 0 fully saturated rings. The Bertz CT molecular complexity index is 1060. The molecule has 2 heterocycles. The summed E-state index contributed by atoms with van der Waals surface area (Å²) in [6, 6.07) is 8.64. The number of carbonyl (C=O) groups excluding carboxylic acids is 2. The minimum atomic E-state index is -0.368. The number of methoxy groups -OCH3 is 1. The van der Waals surface area contributed by atoms with Gasteiger partial charge in [0, 0.05) is 38.3 Å². The first kappa shape index (κ1) is 21.1. The Morgan fingerprint density at radius 2 is 2.07 bits per heavy atom. The van der Waals surface area contributed by atoms with Gasteiger partial charge in [-0.05, 0) is 18.2 Å². The second-order valence-electron chi connectivity index (χ2n) is 6.74. The van der Waals surface area contributed by atoms with Crippen LogP contribution in [0.5, 0.6) is 5.75 Å². The summed E-state index contributed by atoms with van der Waals surface area (Å²) in [5.41, 5.74) is 1.36. The van der Waals surface area contributed by atoms with Crippen molar-refractivity contribution in [1.82, 2.24) is 20.1 Å². The molecule has 0 unspecified atom stereocenters. The molecule has 0 radical (unpaired) electrons. The molecular formula is C20H24N6O4. The number of hydrogen-bond donors (Lipinski definition) is 3. The average Bonchev–Trinajstić information content (AvgIpc) is 3.12. The fourth-order valence-electron chi connectivity index (χ4n) is 2.83. The van der Waals surface area contributed by atoms with E-state index in [9.17, 15) is 9.59 Å². The van der Waals surface area contributed by atoms with Gasteiger partial charge in [0.25, 0.3) is 5.91 Å². The Balaban J connectivity index is 1.83. The molecular weight excluding hydrogens is 388 g/mol. The minimum absolute atomic E-state index is 0.0138. The van der Waals surface area contributed by atoms with Crippen molar-refractivity contribution in [3.05, 3.63) is 42.2 Å². The Labute approximate surface area is 173 Å². The lowest BCUT2D eigenvalue weighted by Crippen LogP contribution is -2.30. The number of nitrogens with zero attached hydrogens (tertiary/aromatic N) is 4. The molecule has 0 aliphatic carbocycles. The number of nitrogens with one attached hydrogen (secondary N) is 2. The van der Waals surface area contributed by atoms with Crippen molar-refractivity contribution < 1.29 is 19.4 Å². The van der Waals surface area contributed by atoms with Gasteiger partial charge in [-0.2, -0.15) is 5.10 Å². The molecule has 10 nitrogen and oxygen atoms in total. The van der Waals surface area contributed by atoms with Crippen molar-refractivity contribution in [2.75, 3.05) is 44.6 Å². The number of aliphatic hydroxyl groups excluding tert-OH is 1. The third kappa shape index (κ3) is 4.84. The largest absolute Gasteiger partial charge is 0.494 e. The number of rotatable bonds is 8. The van der Waals surface area contributed by atoms with Gasteiger partial charge in [-0.3, -0.25) is 14.3 Å². The van der Waals surface area contributed by atoms with Crippen molar-refractivity contribution in [3.63, 3.8) is 0 Å². The summed E-state index contributed by atoms with van der Waals surface area (Å²) in [5.74, 6) is 0.483. The van der Waals surface area contributed by atoms with E-state index >= 15 is 0 Å². The van der Waals surface area contributed by atoms with E-state index in [0.717, 1.165) is 5.39 Å². The van der Waals surface area contributed by atoms with Crippen LogP contribution in [-0.4, -0.2) is 66.0 Å². The van der Waals surface area contributed by atoms with Crippen LogP contribution in [0.25, 0.3) is 10.9 Å². The molecule has 3 rings (SSSR count). The van der Waals surface area contributed by atoms with E-state index in [1.54, 1.807) is 30.5 Å². The van der Waals surface area contributed by atoms with Crippen LogP contribution in [0.15, 0.2) is 36.5 Å². The molecule has 0 saturated heterocycles. The zero-order valence-electron chi connectivity index (χ0n) is 17.0. The van der Waals surface area contributed by atoms with Crippen LogP contribution >= 0.6 is 0 Å². The maximum absolute atomic E-state index is 12.7. The number of amides is 2. The van der Waals surface area contributed by atoms with E-state index in [4.69, 9.17) is 9.84 Å². The van der Waals surface area contributed by atoms with Crippen LogP contribution in [0.3, 0.4) is 0 Å². The lowest BCUT2D eigenvalue weighted by molar-refractivity contribution is -0.122. The van der Waals surface area contributed by atoms with E-state index in [1.807, 2.05) is 25.1 Å². The van der Waals surface area contributed by atoms with Gasteiger partial charge in [0.1, 0.15) is 23.8 Å². The molecule has 158 valence electrons. The predicted molar refractivity (Wildman–Crippen MR) is 113 cm³/mol. The van der Waals surface area contributed by atoms with Gasteiger partial charge in [0.2, 0.25) is 5.91 Å². The van der Waals surface area contributed by atoms with Gasteiger partial charge < -0.3 is 25.4 Å². The molecule has 1 aromatic carbocycles. The molecule has 0 aliphatic heterocycles. The number of carbonyl (C=O) groups is 2. The van der Waals surface area contributed by atoms with E-state index in [2.05, 4.69) is 20.7 Å². The highest BCUT2D eigenvalue weighted by Gasteiger charge is 2.15. The number of ether oxygens (including phenoxy) is 1. The van der Waals surface area contributed by atoms with Crippen LogP contribution < -0.4 is 20.3 Å². The van der Waals surface area contributed by atoms with E-state index in [1.165, 1.54) is 11.8 Å². The summed E-state index contributed by atoms with van der Waals surface area (Å²) >= 11 is 0. The van der Waals surface area contributed by atoms with Crippen molar-refractivity contribution in [3.8, 4) is 5.75 Å². The number of aromatic nitrogens is 3. The van der Waals surface area contributed by atoms with E-state index in [-0.39, 0.29) is 37.2 Å². The van der Waals surface area contributed by atoms with Gasteiger partial charge in [0.05, 0.1) is 24.9 Å². The summed E-state index contributed by atoms with van der Waals surface area (Å²) in [6.45, 7) is 0.0754. The van der Waals surface area contributed by atoms with Gasteiger partial charge in [-0.25, -0.2) is 4.98 Å². The Morgan fingerprint density at radius 3 is 2.77 bits per heavy atom. The molecule has 0 aliphatic rings. The fourth-order valence-corrected chi connectivity index (χ4v) is 2.83. The second-order valence-corrected chi connectivity index (χ2v) is 6.74. The van der Waals surface area contributed by atoms with Crippen molar-refractivity contribution in [1.29, 1.82) is 0 Å². The lowest BCUT2D eigenvalue weighted by Gasteiger charge is -2.13. The predicted octanol–water partition coefficient (Wildman–Crippen LogP) is 0.867. The number of pyridine rings is 1. The van der Waals surface area contributed by atoms with Crippen molar-refractivity contribution in [2.24, 2.45) is 0 Å². The standard InChI is InChI=1S/C20H24N6O4/c1-25(2)18-6-4-5-14(22-18)20(29)23-16-9-13-11-26(12-19(28)21-7-8-27)24-15(13)10-17(16)30-3/h4-6,9-11,27H,7-8,12H2,1-3H3,(H,21,28)(H,23,29). The molecule has 2 aromatic heterocycles. The molecule has 10 heteroatoms. The Morgan fingerprint density at radius 1 is 1.27 bits per heavy atom. The maximum atomic E-state index is 12.7. The molecule has 2 amide bonds. The monoisotopic (exact) mass is 412 g/mol. The van der Waals surface area contributed by atoms with E-state index < -0.39 is 0 Å². The van der Waals surface area contributed by atoms with Crippen LogP contribution in [-0.2, 0) is 11.3 Å². The first-order valence-corrected chi connectivity index (χ1v) is 9.29. The van der Waals surface area contributed by atoms with Gasteiger partial charge in [-0.1, -0.05) is 6.07 Å². The average molecular weight is 412 g/mol. The first-order valence-electron chi connectivity index (χ1n) is 9.29. The SMILES string of the molecule is COc1cc2nn(CC(=O)NCCO)cc2cc1NC(=O)c1cccc(N(C)C)n1.